The van der Waals surface area contributed by atoms with Gasteiger partial charge >= 0.3 is 0 Å². The van der Waals surface area contributed by atoms with Crippen LogP contribution in [0.5, 0.6) is 0 Å². The number of halogens is 3. The van der Waals surface area contributed by atoms with Crippen molar-refractivity contribution in [3.63, 3.8) is 0 Å². The van der Waals surface area contributed by atoms with Crippen molar-refractivity contribution < 1.29 is 9.90 Å². The summed E-state index contributed by atoms with van der Waals surface area (Å²) in [6.07, 6.45) is 0.667. The number of benzene rings is 1. The zero-order valence-corrected chi connectivity index (χ0v) is 18.0. The molecule has 0 radical (unpaired) electrons. The van der Waals surface area contributed by atoms with E-state index in [4.69, 9.17) is 0 Å². The summed E-state index contributed by atoms with van der Waals surface area (Å²) in [5.41, 5.74) is 0.896. The van der Waals surface area contributed by atoms with Crippen LogP contribution in [0.3, 0.4) is 0 Å². The summed E-state index contributed by atoms with van der Waals surface area (Å²) < 4.78 is 3.28. The van der Waals surface area contributed by atoms with Gasteiger partial charge in [-0.05, 0) is 106 Å². The fourth-order valence-electron chi connectivity index (χ4n) is 2.44. The average Bonchev–Trinajstić information content (AvgIpc) is 2.82. The van der Waals surface area contributed by atoms with Gasteiger partial charge in [0.25, 0.3) is 0 Å². The van der Waals surface area contributed by atoms with E-state index in [0.717, 1.165) is 32.3 Å². The van der Waals surface area contributed by atoms with Crippen LogP contribution in [0.4, 0.5) is 5.69 Å². The molecule has 0 aromatic heterocycles. The van der Waals surface area contributed by atoms with Crippen LogP contribution in [0.1, 0.15) is 13.3 Å². The fraction of sp³-hybridized carbons (Fsp3) is 0.500. The normalized spacial score (nSPS) is 20.5. The topological polar surface area (TPSA) is 52.6 Å². The SMILES string of the molecule is CC(O)C1CCN(CC(=O)Nc2c(I)cc(I)cc2I)C1. The first-order chi connectivity index (χ1) is 9.86. The standard InChI is InChI=1S/C14H17I3N2O2/c1-8(20)9-2-3-19(6-9)7-13(21)18-14-11(16)4-10(15)5-12(14)17/h4-5,8-9,20H,2-3,6-7H2,1H3,(H,18,21). The molecule has 0 saturated carbocycles. The number of hydrogen-bond donors (Lipinski definition) is 2. The first-order valence-corrected chi connectivity index (χ1v) is 9.95. The molecule has 116 valence electrons. The predicted molar refractivity (Wildman–Crippen MR) is 109 cm³/mol. The third-order valence-electron chi connectivity index (χ3n) is 3.63. The highest BCUT2D eigenvalue weighted by molar-refractivity contribution is 14.1. The lowest BCUT2D eigenvalue weighted by molar-refractivity contribution is -0.117. The van der Waals surface area contributed by atoms with Crippen LogP contribution >= 0.6 is 67.8 Å². The number of carbonyl (C=O) groups excluding carboxylic acids is 1. The predicted octanol–water partition coefficient (Wildman–Crippen LogP) is 3.14. The Morgan fingerprint density at radius 1 is 1.43 bits per heavy atom. The van der Waals surface area contributed by atoms with Gasteiger partial charge in [-0.15, -0.1) is 0 Å². The van der Waals surface area contributed by atoms with Gasteiger partial charge in [0, 0.05) is 17.3 Å². The zero-order valence-electron chi connectivity index (χ0n) is 11.6. The maximum atomic E-state index is 12.2. The molecule has 1 amide bonds. The summed E-state index contributed by atoms with van der Waals surface area (Å²) in [6, 6.07) is 4.11. The van der Waals surface area contributed by atoms with Crippen molar-refractivity contribution in [3.05, 3.63) is 22.8 Å². The first kappa shape index (κ1) is 18.1. The second-order valence-electron chi connectivity index (χ2n) is 5.32. The van der Waals surface area contributed by atoms with Gasteiger partial charge in [0.2, 0.25) is 5.91 Å². The molecule has 2 N–H and O–H groups in total. The molecule has 2 atom stereocenters. The van der Waals surface area contributed by atoms with E-state index in [1.807, 2.05) is 6.92 Å². The summed E-state index contributed by atoms with van der Waals surface area (Å²) in [7, 11) is 0. The third-order valence-corrected chi connectivity index (χ3v) is 5.95. The third kappa shape index (κ3) is 5.15. The molecular formula is C14H17I3N2O2. The Bertz CT molecular complexity index is 514. The summed E-state index contributed by atoms with van der Waals surface area (Å²) in [4.78, 5) is 14.3. The Morgan fingerprint density at radius 3 is 2.57 bits per heavy atom. The molecule has 2 rings (SSSR count). The highest BCUT2D eigenvalue weighted by atomic mass is 127. The highest BCUT2D eigenvalue weighted by Gasteiger charge is 2.27. The lowest BCUT2D eigenvalue weighted by Crippen LogP contribution is -2.33. The van der Waals surface area contributed by atoms with Crippen molar-refractivity contribution in [2.45, 2.75) is 19.4 Å². The number of likely N-dealkylation sites (tertiary alicyclic amines) is 1. The Hall–Kier alpha value is 0.800. The molecule has 0 bridgehead atoms. The van der Waals surface area contributed by atoms with Gasteiger partial charge in [-0.1, -0.05) is 0 Å². The Kier molecular flexibility index (Phi) is 6.97. The maximum absolute atomic E-state index is 12.2. The van der Waals surface area contributed by atoms with E-state index >= 15 is 0 Å². The summed E-state index contributed by atoms with van der Waals surface area (Å²) in [5, 5.41) is 12.6. The van der Waals surface area contributed by atoms with Crippen LogP contribution in [0.2, 0.25) is 0 Å². The number of aliphatic hydroxyl groups excluding tert-OH is 1. The molecule has 2 unspecified atom stereocenters. The molecule has 1 aliphatic heterocycles. The number of rotatable bonds is 4. The molecule has 1 fully saturated rings. The number of carbonyl (C=O) groups is 1. The number of hydrogen-bond acceptors (Lipinski definition) is 3. The second kappa shape index (κ2) is 8.06. The van der Waals surface area contributed by atoms with E-state index in [2.05, 4.69) is 90.1 Å². The zero-order chi connectivity index (χ0) is 15.6. The first-order valence-electron chi connectivity index (χ1n) is 6.71. The minimum atomic E-state index is -0.295. The van der Waals surface area contributed by atoms with Gasteiger partial charge in [0.15, 0.2) is 0 Å². The molecular weight excluding hydrogens is 609 g/mol. The van der Waals surface area contributed by atoms with Gasteiger partial charge in [0.05, 0.1) is 18.3 Å². The molecule has 1 heterocycles. The summed E-state index contributed by atoms with van der Waals surface area (Å²) in [6.45, 7) is 3.89. The minimum absolute atomic E-state index is 0.0123. The van der Waals surface area contributed by atoms with Crippen LogP contribution in [0.15, 0.2) is 12.1 Å². The van der Waals surface area contributed by atoms with E-state index < -0.39 is 0 Å². The van der Waals surface area contributed by atoms with Crippen molar-refractivity contribution in [1.29, 1.82) is 0 Å². The van der Waals surface area contributed by atoms with E-state index in [-0.39, 0.29) is 17.9 Å². The lowest BCUT2D eigenvalue weighted by Gasteiger charge is -2.17. The fourth-order valence-corrected chi connectivity index (χ4v) is 6.30. The van der Waals surface area contributed by atoms with Crippen molar-refractivity contribution in [1.82, 2.24) is 4.90 Å². The summed E-state index contributed by atoms with van der Waals surface area (Å²) >= 11 is 6.78. The van der Waals surface area contributed by atoms with Crippen LogP contribution in [0, 0.1) is 16.6 Å². The second-order valence-corrected chi connectivity index (χ2v) is 8.89. The molecule has 21 heavy (non-hydrogen) atoms. The maximum Gasteiger partial charge on any atom is 0.238 e. The Balaban J connectivity index is 1.94. The van der Waals surface area contributed by atoms with Crippen molar-refractivity contribution in [2.75, 3.05) is 25.0 Å². The molecule has 1 aliphatic rings. The van der Waals surface area contributed by atoms with Crippen molar-refractivity contribution >= 4 is 79.4 Å². The molecule has 4 nitrogen and oxygen atoms in total. The minimum Gasteiger partial charge on any atom is -0.393 e. The number of nitrogens with one attached hydrogen (secondary N) is 1. The molecule has 1 aromatic rings. The largest absolute Gasteiger partial charge is 0.393 e. The van der Waals surface area contributed by atoms with E-state index in [1.165, 1.54) is 3.57 Å². The molecule has 7 heteroatoms. The van der Waals surface area contributed by atoms with E-state index in [1.54, 1.807) is 0 Å². The van der Waals surface area contributed by atoms with Crippen LogP contribution < -0.4 is 5.32 Å². The Labute approximate surface area is 165 Å². The van der Waals surface area contributed by atoms with Gasteiger partial charge in [0.1, 0.15) is 0 Å². The molecule has 1 aromatic carbocycles. The monoisotopic (exact) mass is 626 g/mol. The average molecular weight is 626 g/mol. The van der Waals surface area contributed by atoms with Crippen molar-refractivity contribution in [2.24, 2.45) is 5.92 Å². The van der Waals surface area contributed by atoms with E-state index in [0.29, 0.717) is 6.54 Å². The lowest BCUT2D eigenvalue weighted by atomic mass is 10.0. The number of nitrogens with zero attached hydrogens (tertiary/aromatic N) is 1. The smallest absolute Gasteiger partial charge is 0.238 e. The molecule has 0 spiro atoms. The van der Waals surface area contributed by atoms with Crippen LogP contribution in [-0.2, 0) is 4.79 Å². The van der Waals surface area contributed by atoms with Crippen LogP contribution in [-0.4, -0.2) is 41.7 Å². The Morgan fingerprint density at radius 2 is 2.05 bits per heavy atom. The van der Waals surface area contributed by atoms with Gasteiger partial charge in [-0.3, -0.25) is 9.69 Å². The van der Waals surface area contributed by atoms with Gasteiger partial charge in [-0.25, -0.2) is 0 Å². The molecule has 1 saturated heterocycles. The quantitative estimate of drug-likeness (QED) is 0.506. The molecule has 0 aliphatic carbocycles. The van der Waals surface area contributed by atoms with E-state index in [9.17, 15) is 9.90 Å². The van der Waals surface area contributed by atoms with Gasteiger partial charge in [-0.2, -0.15) is 0 Å². The number of anilines is 1. The van der Waals surface area contributed by atoms with Crippen LogP contribution in [0.25, 0.3) is 0 Å². The summed E-state index contributed by atoms with van der Waals surface area (Å²) in [5.74, 6) is 0.301. The number of amides is 1. The van der Waals surface area contributed by atoms with Gasteiger partial charge < -0.3 is 10.4 Å². The number of aliphatic hydroxyl groups is 1. The van der Waals surface area contributed by atoms with Crippen molar-refractivity contribution in [3.8, 4) is 0 Å². The highest BCUT2D eigenvalue weighted by Crippen LogP contribution is 2.27.